The zero-order valence-corrected chi connectivity index (χ0v) is 12.5. The molecule has 2 atom stereocenters. The first-order valence-corrected chi connectivity index (χ1v) is 7.41. The summed E-state index contributed by atoms with van der Waals surface area (Å²) in [6.07, 6.45) is 2.77. The molecule has 1 aliphatic heterocycles. The Hall–Kier alpha value is -1.76. The second-order valence-electron chi connectivity index (χ2n) is 5.37. The zero-order chi connectivity index (χ0) is 15.4. The van der Waals surface area contributed by atoms with Crippen LogP contribution in [-0.4, -0.2) is 42.9 Å². The number of imidazole rings is 1. The van der Waals surface area contributed by atoms with Crippen molar-refractivity contribution >= 4 is 0 Å². The molecule has 0 unspecified atom stereocenters. The van der Waals surface area contributed by atoms with Crippen molar-refractivity contribution in [3.05, 3.63) is 42.1 Å². The maximum absolute atomic E-state index is 13.3. The van der Waals surface area contributed by atoms with Crippen LogP contribution in [0.5, 0.6) is 0 Å². The van der Waals surface area contributed by atoms with Gasteiger partial charge in [0.2, 0.25) is 0 Å². The number of halogens is 1. The highest BCUT2D eigenvalue weighted by atomic mass is 19.1. The summed E-state index contributed by atoms with van der Waals surface area (Å²) in [6.45, 7) is 2.00. The molecular formula is C16H20FN3O2. The number of aromatic nitrogens is 2. The highest BCUT2D eigenvalue weighted by molar-refractivity contribution is 5.58. The minimum Gasteiger partial charge on any atom is -0.382 e. The molecule has 2 aromatic rings. The molecule has 6 heteroatoms. The highest BCUT2D eigenvalue weighted by Gasteiger charge is 2.27. The molecule has 2 heterocycles. The van der Waals surface area contributed by atoms with Gasteiger partial charge in [-0.2, -0.15) is 0 Å². The fraction of sp³-hybridized carbons (Fsp3) is 0.438. The normalized spacial score (nSPS) is 21.4. The number of rotatable bonds is 6. The van der Waals surface area contributed by atoms with Crippen molar-refractivity contribution < 1.29 is 13.9 Å². The fourth-order valence-electron chi connectivity index (χ4n) is 2.65. The van der Waals surface area contributed by atoms with E-state index in [1.165, 1.54) is 12.1 Å². The molecule has 0 radical (unpaired) electrons. The Labute approximate surface area is 128 Å². The van der Waals surface area contributed by atoms with Crippen molar-refractivity contribution in [1.29, 1.82) is 0 Å². The third kappa shape index (κ3) is 3.52. The van der Waals surface area contributed by atoms with Gasteiger partial charge in [-0.3, -0.25) is 0 Å². The van der Waals surface area contributed by atoms with E-state index in [-0.39, 0.29) is 18.0 Å². The summed E-state index contributed by atoms with van der Waals surface area (Å²) >= 11 is 0. The summed E-state index contributed by atoms with van der Waals surface area (Å²) in [7, 11) is 1.66. The van der Waals surface area contributed by atoms with Gasteiger partial charge in [-0.15, -0.1) is 0 Å². The monoisotopic (exact) mass is 305 g/mol. The molecule has 0 aliphatic carbocycles. The minimum absolute atomic E-state index is 0.134. The average Bonchev–Trinajstić information content (AvgIpc) is 3.16. The van der Waals surface area contributed by atoms with E-state index in [2.05, 4.69) is 15.3 Å². The predicted molar refractivity (Wildman–Crippen MR) is 81.0 cm³/mol. The summed E-state index contributed by atoms with van der Waals surface area (Å²) in [4.78, 5) is 7.68. The van der Waals surface area contributed by atoms with E-state index in [0.29, 0.717) is 13.2 Å². The Morgan fingerprint density at radius 2 is 2.27 bits per heavy atom. The van der Waals surface area contributed by atoms with E-state index >= 15 is 0 Å². The van der Waals surface area contributed by atoms with Gasteiger partial charge in [-0.1, -0.05) is 12.1 Å². The summed E-state index contributed by atoms with van der Waals surface area (Å²) < 4.78 is 24.0. The van der Waals surface area contributed by atoms with Gasteiger partial charge in [0.05, 0.1) is 37.3 Å². The Bertz CT molecular complexity index is 617. The molecule has 22 heavy (non-hydrogen) atoms. The van der Waals surface area contributed by atoms with Crippen molar-refractivity contribution in [3.8, 4) is 11.3 Å². The molecule has 3 rings (SSSR count). The summed E-state index contributed by atoms with van der Waals surface area (Å²) in [5, 5.41) is 3.39. The second-order valence-corrected chi connectivity index (χ2v) is 5.37. The maximum Gasteiger partial charge on any atom is 0.123 e. The number of nitrogens with zero attached hydrogens (tertiary/aromatic N) is 1. The van der Waals surface area contributed by atoms with Gasteiger partial charge in [0.1, 0.15) is 11.6 Å². The number of ether oxygens (including phenoxy) is 2. The third-order valence-electron chi connectivity index (χ3n) is 3.79. The molecule has 0 spiro atoms. The van der Waals surface area contributed by atoms with Gasteiger partial charge in [0, 0.05) is 19.2 Å². The Kier molecular flexibility index (Phi) is 4.82. The molecule has 0 amide bonds. The summed E-state index contributed by atoms with van der Waals surface area (Å²) in [6, 6.07) is 6.62. The number of H-pyrrole nitrogens is 1. The molecule has 118 valence electrons. The van der Waals surface area contributed by atoms with Crippen LogP contribution in [0.25, 0.3) is 11.3 Å². The van der Waals surface area contributed by atoms with Crippen molar-refractivity contribution in [2.75, 3.05) is 26.9 Å². The van der Waals surface area contributed by atoms with Crippen LogP contribution in [0.4, 0.5) is 4.39 Å². The van der Waals surface area contributed by atoms with Crippen molar-refractivity contribution in [2.24, 2.45) is 0 Å². The number of hydrogen-bond acceptors (Lipinski definition) is 4. The standard InChI is InChI=1S/C16H20FN3O2/c1-21-5-6-22-13-8-14(18-9-13)16-19-10-15(20-16)11-3-2-4-12(17)7-11/h2-4,7,10,13-14,18H,5-6,8-9H2,1H3,(H,19,20)/t13-,14+/m1/s1. The van der Waals surface area contributed by atoms with Crippen LogP contribution in [0, 0.1) is 5.82 Å². The third-order valence-corrected chi connectivity index (χ3v) is 3.79. The van der Waals surface area contributed by atoms with Crippen LogP contribution < -0.4 is 5.32 Å². The van der Waals surface area contributed by atoms with Gasteiger partial charge in [0.25, 0.3) is 0 Å². The molecule has 1 aromatic heterocycles. The van der Waals surface area contributed by atoms with E-state index in [0.717, 1.165) is 30.0 Å². The first-order valence-electron chi connectivity index (χ1n) is 7.41. The minimum atomic E-state index is -0.251. The molecule has 1 saturated heterocycles. The van der Waals surface area contributed by atoms with Crippen molar-refractivity contribution in [3.63, 3.8) is 0 Å². The van der Waals surface area contributed by atoms with E-state index < -0.39 is 0 Å². The predicted octanol–water partition coefficient (Wildman–Crippen LogP) is 2.28. The lowest BCUT2D eigenvalue weighted by atomic mass is 10.1. The molecule has 0 bridgehead atoms. The molecule has 2 N–H and O–H groups in total. The Morgan fingerprint density at radius 3 is 3.09 bits per heavy atom. The highest BCUT2D eigenvalue weighted by Crippen LogP contribution is 2.25. The fourth-order valence-corrected chi connectivity index (χ4v) is 2.65. The lowest BCUT2D eigenvalue weighted by Crippen LogP contribution is -2.19. The lowest BCUT2D eigenvalue weighted by Gasteiger charge is -2.10. The van der Waals surface area contributed by atoms with Crippen LogP contribution in [-0.2, 0) is 9.47 Å². The molecule has 1 aliphatic rings. The number of nitrogens with one attached hydrogen (secondary N) is 2. The molecular weight excluding hydrogens is 285 g/mol. The molecule has 1 aromatic carbocycles. The van der Waals surface area contributed by atoms with E-state index in [1.807, 2.05) is 6.07 Å². The van der Waals surface area contributed by atoms with Crippen molar-refractivity contribution in [1.82, 2.24) is 15.3 Å². The second kappa shape index (κ2) is 7.00. The van der Waals surface area contributed by atoms with Gasteiger partial charge in [-0.25, -0.2) is 9.37 Å². The molecule has 5 nitrogen and oxygen atoms in total. The first-order chi connectivity index (χ1) is 10.8. The van der Waals surface area contributed by atoms with Crippen LogP contribution in [0.2, 0.25) is 0 Å². The van der Waals surface area contributed by atoms with Crippen molar-refractivity contribution in [2.45, 2.75) is 18.6 Å². The Morgan fingerprint density at radius 1 is 1.36 bits per heavy atom. The first kappa shape index (κ1) is 15.1. The Balaban J connectivity index is 1.62. The number of aromatic amines is 1. The van der Waals surface area contributed by atoms with Crippen LogP contribution >= 0.6 is 0 Å². The van der Waals surface area contributed by atoms with Gasteiger partial charge in [-0.05, 0) is 18.6 Å². The topological polar surface area (TPSA) is 59.2 Å². The smallest absolute Gasteiger partial charge is 0.123 e. The quantitative estimate of drug-likeness (QED) is 0.804. The molecule has 1 fully saturated rings. The van der Waals surface area contributed by atoms with Crippen LogP contribution in [0.15, 0.2) is 30.5 Å². The van der Waals surface area contributed by atoms with Crippen LogP contribution in [0.3, 0.4) is 0 Å². The van der Waals surface area contributed by atoms with E-state index in [9.17, 15) is 4.39 Å². The summed E-state index contributed by atoms with van der Waals surface area (Å²) in [5.41, 5.74) is 1.62. The van der Waals surface area contributed by atoms with E-state index in [1.54, 1.807) is 19.4 Å². The van der Waals surface area contributed by atoms with Gasteiger partial charge < -0.3 is 19.8 Å². The summed E-state index contributed by atoms with van der Waals surface area (Å²) in [5.74, 6) is 0.608. The maximum atomic E-state index is 13.3. The largest absolute Gasteiger partial charge is 0.382 e. The van der Waals surface area contributed by atoms with Gasteiger partial charge >= 0.3 is 0 Å². The van der Waals surface area contributed by atoms with Crippen LogP contribution in [0.1, 0.15) is 18.3 Å². The SMILES string of the molecule is COCCO[C@H]1CN[C@H](c2ncc(-c3cccc(F)c3)[nH]2)C1. The van der Waals surface area contributed by atoms with E-state index in [4.69, 9.17) is 9.47 Å². The zero-order valence-electron chi connectivity index (χ0n) is 12.5. The lowest BCUT2D eigenvalue weighted by molar-refractivity contribution is 0.0260. The number of benzene rings is 1. The van der Waals surface area contributed by atoms with Gasteiger partial charge in [0.15, 0.2) is 0 Å². The number of hydrogen-bond donors (Lipinski definition) is 2. The molecule has 0 saturated carbocycles. The average molecular weight is 305 g/mol. The number of methoxy groups -OCH3 is 1.